The van der Waals surface area contributed by atoms with Crippen molar-refractivity contribution in [1.82, 2.24) is 14.5 Å². The Morgan fingerprint density at radius 3 is 2.49 bits per heavy atom. The van der Waals surface area contributed by atoms with E-state index >= 15 is 0 Å². The maximum Gasteiger partial charge on any atom is 0.272 e. The van der Waals surface area contributed by atoms with Gasteiger partial charge in [0.15, 0.2) is 0 Å². The summed E-state index contributed by atoms with van der Waals surface area (Å²) < 4.78 is 25.4. The molecule has 2 fully saturated rings. The number of carbonyl (C=O) groups excluding carboxylic acids is 2. The molecule has 1 saturated carbocycles. The van der Waals surface area contributed by atoms with E-state index in [1.54, 1.807) is 7.05 Å². The molecule has 2 N–H and O–H groups in total. The topological polar surface area (TPSA) is 123 Å². The number of unbranched alkanes of at least 4 members (excludes halogenated alkanes) is 1. The summed E-state index contributed by atoms with van der Waals surface area (Å²) in [6, 6.07) is 7.43. The smallest absolute Gasteiger partial charge is 0.272 e. The summed E-state index contributed by atoms with van der Waals surface area (Å²) in [5.41, 5.74) is 1.42. The number of anilines is 1. The summed E-state index contributed by atoms with van der Waals surface area (Å²) in [4.78, 5) is 35.2. The Balaban J connectivity index is 1.61. The van der Waals surface area contributed by atoms with E-state index in [-0.39, 0.29) is 11.8 Å². The normalized spacial score (nSPS) is 22.6. The summed E-state index contributed by atoms with van der Waals surface area (Å²) in [5, 5.41) is 13.7. The molecule has 0 unspecified atom stereocenters. The van der Waals surface area contributed by atoms with Gasteiger partial charge in [0.25, 0.3) is 5.91 Å². The molecule has 0 bridgehead atoms. The van der Waals surface area contributed by atoms with Crippen LogP contribution in [0.3, 0.4) is 0 Å². The lowest BCUT2D eigenvalue weighted by Gasteiger charge is -2.35. The molecule has 1 aromatic carbocycles. The minimum absolute atomic E-state index is 0.313. The van der Waals surface area contributed by atoms with Crippen molar-refractivity contribution in [1.29, 1.82) is 0 Å². The van der Waals surface area contributed by atoms with Crippen LogP contribution in [0.15, 0.2) is 29.3 Å². The van der Waals surface area contributed by atoms with E-state index in [4.69, 9.17) is 4.99 Å². The number of piperazine rings is 1. The lowest BCUT2D eigenvalue weighted by molar-refractivity contribution is -0.133. The number of carbonyl (C=O) groups is 2. The molecule has 204 valence electrons. The summed E-state index contributed by atoms with van der Waals surface area (Å²) in [7, 11) is -1.63. The molecule has 0 radical (unpaired) electrons. The third-order valence-electron chi connectivity index (χ3n) is 7.55. The number of fused-ring (bicyclic) bond motifs is 1. The van der Waals surface area contributed by atoms with Crippen molar-refractivity contribution >= 4 is 33.4 Å². The highest BCUT2D eigenvalue weighted by Gasteiger charge is 2.38. The molecule has 11 heteroatoms. The molecule has 4 rings (SSSR count). The largest absolute Gasteiger partial charge is 0.392 e. The Hall–Kier alpha value is -2.50. The van der Waals surface area contributed by atoms with E-state index in [0.29, 0.717) is 56.5 Å². The maximum absolute atomic E-state index is 13.5. The van der Waals surface area contributed by atoms with E-state index in [0.717, 1.165) is 31.2 Å². The number of amides is 2. The Morgan fingerprint density at radius 2 is 1.86 bits per heavy atom. The molecule has 2 amide bonds. The van der Waals surface area contributed by atoms with Gasteiger partial charge in [0, 0.05) is 38.8 Å². The van der Waals surface area contributed by atoms with Gasteiger partial charge in [-0.1, -0.05) is 44.7 Å². The van der Waals surface area contributed by atoms with Gasteiger partial charge in [-0.25, -0.2) is 13.4 Å². The van der Waals surface area contributed by atoms with E-state index in [2.05, 4.69) is 5.32 Å². The minimum Gasteiger partial charge on any atom is -0.392 e. The molecular weight excluding hydrogens is 494 g/mol. The lowest BCUT2D eigenvalue weighted by Crippen LogP contribution is -2.52. The van der Waals surface area contributed by atoms with Gasteiger partial charge >= 0.3 is 0 Å². The van der Waals surface area contributed by atoms with Gasteiger partial charge < -0.3 is 20.2 Å². The molecule has 2 heterocycles. The molecular formula is C26H39N5O5S. The molecule has 3 aliphatic rings. The van der Waals surface area contributed by atoms with Crippen molar-refractivity contribution in [3.05, 3.63) is 29.8 Å². The van der Waals surface area contributed by atoms with Crippen LogP contribution in [0, 0.1) is 11.8 Å². The Labute approximate surface area is 219 Å². The van der Waals surface area contributed by atoms with Crippen LogP contribution in [0.2, 0.25) is 0 Å². The van der Waals surface area contributed by atoms with Gasteiger partial charge in [-0.2, -0.15) is 4.31 Å². The van der Waals surface area contributed by atoms with Crippen LogP contribution in [0.4, 0.5) is 5.69 Å². The number of amidine groups is 1. The standard InChI is InChI=1S/C26H39N5O5S/c1-4-5-10-22(32)20(17-18-11-12-18)25(33)28-23-26(34)29(2)21-9-7-6-8-19(21)24(27-23)30-13-15-31(16-14-30)37(3,35)36/h6-9,18,20,22-23,32H,4-5,10-17H2,1-3H3,(H,28,33)/t20-,22+,23+/m1/s1. The highest BCUT2D eigenvalue weighted by Crippen LogP contribution is 2.37. The van der Waals surface area contributed by atoms with Crippen LogP contribution in [-0.2, 0) is 19.6 Å². The number of sulfonamides is 1. The van der Waals surface area contributed by atoms with Crippen molar-refractivity contribution < 1.29 is 23.1 Å². The maximum atomic E-state index is 13.5. The number of hydrogen-bond acceptors (Lipinski definition) is 7. The van der Waals surface area contributed by atoms with E-state index in [1.165, 1.54) is 15.5 Å². The number of aliphatic hydroxyl groups excluding tert-OH is 1. The first-order chi connectivity index (χ1) is 17.6. The summed E-state index contributed by atoms with van der Waals surface area (Å²) >= 11 is 0. The van der Waals surface area contributed by atoms with Crippen molar-refractivity contribution in [2.75, 3.05) is 44.4 Å². The van der Waals surface area contributed by atoms with Crippen molar-refractivity contribution in [2.24, 2.45) is 16.8 Å². The average molecular weight is 534 g/mol. The number of para-hydroxylation sites is 1. The summed E-state index contributed by atoms with van der Waals surface area (Å²) in [5.74, 6) is -0.303. The second kappa shape index (κ2) is 11.5. The monoisotopic (exact) mass is 533 g/mol. The van der Waals surface area contributed by atoms with Gasteiger partial charge in [-0.05, 0) is 30.9 Å². The highest BCUT2D eigenvalue weighted by molar-refractivity contribution is 7.88. The van der Waals surface area contributed by atoms with Gasteiger partial charge in [-0.15, -0.1) is 0 Å². The summed E-state index contributed by atoms with van der Waals surface area (Å²) in [6.45, 7) is 3.51. The zero-order valence-corrected chi connectivity index (χ0v) is 22.8. The molecule has 0 aromatic heterocycles. The predicted molar refractivity (Wildman–Crippen MR) is 143 cm³/mol. The van der Waals surface area contributed by atoms with Crippen molar-refractivity contribution in [2.45, 2.75) is 57.7 Å². The highest BCUT2D eigenvalue weighted by atomic mass is 32.2. The van der Waals surface area contributed by atoms with Crippen LogP contribution < -0.4 is 10.2 Å². The number of benzene rings is 1. The van der Waals surface area contributed by atoms with Crippen LogP contribution in [0.1, 0.15) is 51.0 Å². The first kappa shape index (κ1) is 27.5. The number of rotatable bonds is 9. The number of nitrogens with one attached hydrogen (secondary N) is 1. The predicted octanol–water partition coefficient (Wildman–Crippen LogP) is 1.40. The number of aliphatic hydroxyl groups is 1. The number of likely N-dealkylation sites (N-methyl/N-ethyl adjacent to an activating group) is 1. The van der Waals surface area contributed by atoms with E-state index < -0.39 is 28.2 Å². The Bertz CT molecular complexity index is 1130. The van der Waals surface area contributed by atoms with Crippen molar-refractivity contribution in [3.8, 4) is 0 Å². The van der Waals surface area contributed by atoms with E-state index in [1.807, 2.05) is 36.1 Å². The van der Waals surface area contributed by atoms with Crippen LogP contribution in [0.5, 0.6) is 0 Å². The van der Waals surface area contributed by atoms with Gasteiger partial charge in [-0.3, -0.25) is 9.59 Å². The minimum atomic E-state index is -3.30. The number of nitrogens with zero attached hydrogens (tertiary/aromatic N) is 4. The van der Waals surface area contributed by atoms with Crippen LogP contribution in [0.25, 0.3) is 0 Å². The molecule has 1 saturated heterocycles. The Kier molecular flexibility index (Phi) is 8.55. The zero-order chi connectivity index (χ0) is 26.7. The quantitative estimate of drug-likeness (QED) is 0.495. The molecule has 3 atom stereocenters. The third kappa shape index (κ3) is 6.50. The molecule has 0 spiro atoms. The second-order valence-electron chi connectivity index (χ2n) is 10.4. The van der Waals surface area contributed by atoms with Gasteiger partial charge in [0.1, 0.15) is 5.84 Å². The fraction of sp³-hybridized carbons (Fsp3) is 0.654. The molecule has 1 aromatic rings. The van der Waals surface area contributed by atoms with E-state index in [9.17, 15) is 23.1 Å². The molecule has 10 nitrogen and oxygen atoms in total. The fourth-order valence-corrected chi connectivity index (χ4v) is 5.92. The third-order valence-corrected chi connectivity index (χ3v) is 8.85. The molecule has 37 heavy (non-hydrogen) atoms. The first-order valence-corrected chi connectivity index (χ1v) is 15.1. The zero-order valence-electron chi connectivity index (χ0n) is 22.0. The molecule has 1 aliphatic carbocycles. The van der Waals surface area contributed by atoms with Crippen LogP contribution in [-0.4, -0.2) is 92.1 Å². The lowest BCUT2D eigenvalue weighted by atomic mass is 9.91. The second-order valence-corrected chi connectivity index (χ2v) is 12.4. The van der Waals surface area contributed by atoms with Crippen molar-refractivity contribution in [3.63, 3.8) is 0 Å². The van der Waals surface area contributed by atoms with Crippen LogP contribution >= 0.6 is 0 Å². The number of benzodiazepines with no additional fused rings is 1. The number of aliphatic imine (C=N–C) groups is 1. The van der Waals surface area contributed by atoms with Gasteiger partial charge in [0.2, 0.25) is 22.1 Å². The SMILES string of the molecule is CCCC[C@H](O)[C@@H](CC1CC1)C(=O)N[C@@H]1N=C(N2CCN(S(C)(=O)=O)CC2)c2ccccc2N(C)C1=O. The van der Waals surface area contributed by atoms with Gasteiger partial charge in [0.05, 0.1) is 24.0 Å². The Morgan fingerprint density at radius 1 is 1.19 bits per heavy atom. The fourth-order valence-electron chi connectivity index (χ4n) is 5.09. The number of hydrogen-bond donors (Lipinski definition) is 2. The average Bonchev–Trinajstić information content (AvgIpc) is 3.71. The molecule has 2 aliphatic heterocycles. The summed E-state index contributed by atoms with van der Waals surface area (Å²) in [6.07, 6.45) is 4.34. The first-order valence-electron chi connectivity index (χ1n) is 13.2.